The van der Waals surface area contributed by atoms with E-state index in [-0.39, 0.29) is 54.2 Å². The molecule has 10 heteroatoms. The van der Waals surface area contributed by atoms with E-state index in [1.165, 1.54) is 6.92 Å². The van der Waals surface area contributed by atoms with Crippen molar-refractivity contribution in [1.29, 1.82) is 0 Å². The van der Waals surface area contributed by atoms with Gasteiger partial charge in [0.15, 0.2) is 5.25 Å². The van der Waals surface area contributed by atoms with Gasteiger partial charge >= 0.3 is 41.5 Å². The molecule has 0 amide bonds. The molecule has 0 rings (SSSR count). The third kappa shape index (κ3) is 12.2. The van der Waals surface area contributed by atoms with Crippen molar-refractivity contribution in [2.24, 2.45) is 5.92 Å². The first-order valence-corrected chi connectivity index (χ1v) is 9.00. The number of carbonyl (C=O) groups excluding carboxylic acids is 2. The van der Waals surface area contributed by atoms with Gasteiger partial charge < -0.3 is 19.5 Å². The van der Waals surface area contributed by atoms with Crippen molar-refractivity contribution in [2.75, 3.05) is 13.2 Å². The second kappa shape index (κ2) is 15.1. The van der Waals surface area contributed by atoms with Gasteiger partial charge in [0.25, 0.3) is 0 Å². The van der Waals surface area contributed by atoms with Crippen LogP contribution in [-0.4, -0.2) is 48.8 Å². The van der Waals surface area contributed by atoms with Crippen molar-refractivity contribution in [1.82, 2.24) is 0 Å². The number of unbranched alkanes of at least 4 members (excludes halogenated alkanes) is 1. The molecule has 0 bridgehead atoms. The standard InChI is InChI=1S/C14H26O7S.Na.H2O/c1-4-7-8-11(5-2)10-21-13(15)9-12(22(17,18)19)14(16)20-6-3;;/h11-12H,4-10H2,1-3H3,(H,17,18,19);;1H2/q;+1;/p-1. The molecular formula is C14H27NaO8S. The van der Waals surface area contributed by atoms with Crippen molar-refractivity contribution >= 4 is 22.1 Å². The summed E-state index contributed by atoms with van der Waals surface area (Å²) in [5.41, 5.74) is 0. The van der Waals surface area contributed by atoms with E-state index in [0.717, 1.165) is 25.7 Å². The number of rotatable bonds is 11. The molecule has 0 aliphatic heterocycles. The van der Waals surface area contributed by atoms with E-state index >= 15 is 0 Å². The number of carbonyl (C=O) groups is 2. The van der Waals surface area contributed by atoms with Crippen LogP contribution < -0.4 is 29.6 Å². The Kier molecular flexibility index (Phi) is 18.0. The summed E-state index contributed by atoms with van der Waals surface area (Å²) in [6, 6.07) is 0. The van der Waals surface area contributed by atoms with Crippen molar-refractivity contribution < 1.29 is 67.1 Å². The van der Waals surface area contributed by atoms with Crippen molar-refractivity contribution in [3.05, 3.63) is 0 Å². The fraction of sp³-hybridized carbons (Fsp3) is 0.857. The molecule has 8 nitrogen and oxygen atoms in total. The van der Waals surface area contributed by atoms with Gasteiger partial charge in [-0.3, -0.25) is 9.59 Å². The SMILES string of the molecule is CCCCC(CC)COC(=O)CC(C(=O)OCC)S(=O)(=O)[O-].O.[Na+]. The first-order chi connectivity index (χ1) is 10.3. The second-order valence-electron chi connectivity index (χ2n) is 5.04. The van der Waals surface area contributed by atoms with E-state index in [2.05, 4.69) is 11.7 Å². The Morgan fingerprint density at radius 1 is 1.12 bits per heavy atom. The van der Waals surface area contributed by atoms with Gasteiger partial charge in [0, 0.05) is 0 Å². The molecule has 0 saturated heterocycles. The third-order valence-corrected chi connectivity index (χ3v) is 4.33. The van der Waals surface area contributed by atoms with Crippen molar-refractivity contribution in [3.8, 4) is 0 Å². The van der Waals surface area contributed by atoms with Crippen LogP contribution in [0.15, 0.2) is 0 Å². The summed E-state index contributed by atoms with van der Waals surface area (Å²) >= 11 is 0. The maximum Gasteiger partial charge on any atom is 1.00 e. The molecule has 0 aromatic carbocycles. The molecule has 2 N–H and O–H groups in total. The van der Waals surface area contributed by atoms with Gasteiger partial charge in [-0.05, 0) is 19.3 Å². The molecule has 2 unspecified atom stereocenters. The minimum Gasteiger partial charge on any atom is -0.747 e. The molecule has 0 aliphatic rings. The zero-order valence-corrected chi connectivity index (χ0v) is 17.7. The molecule has 0 radical (unpaired) electrons. The Hall–Kier alpha value is -0.190. The monoisotopic (exact) mass is 378 g/mol. The largest absolute Gasteiger partial charge is 1.00 e. The Balaban J connectivity index is -0.00000220. The molecule has 0 aromatic heterocycles. The molecule has 0 aromatic rings. The summed E-state index contributed by atoms with van der Waals surface area (Å²) in [5, 5.41) is -2.05. The van der Waals surface area contributed by atoms with E-state index in [9.17, 15) is 22.6 Å². The Labute approximate surface area is 166 Å². The van der Waals surface area contributed by atoms with E-state index in [0.29, 0.717) is 0 Å². The zero-order valence-electron chi connectivity index (χ0n) is 14.9. The molecule has 0 heterocycles. The maximum atomic E-state index is 11.7. The number of esters is 2. The molecule has 2 atom stereocenters. The molecule has 0 saturated carbocycles. The minimum atomic E-state index is -4.97. The van der Waals surface area contributed by atoms with Crippen LogP contribution in [0.3, 0.4) is 0 Å². The molecule has 138 valence electrons. The quantitative estimate of drug-likeness (QED) is 0.225. The van der Waals surface area contributed by atoms with Crippen LogP contribution in [0.25, 0.3) is 0 Å². The number of ether oxygens (including phenoxy) is 2. The molecule has 24 heavy (non-hydrogen) atoms. The molecule has 0 spiro atoms. The van der Waals surface area contributed by atoms with Gasteiger partial charge in [-0.15, -0.1) is 0 Å². The molecular weight excluding hydrogens is 351 g/mol. The van der Waals surface area contributed by atoms with Crippen LogP contribution in [0.5, 0.6) is 0 Å². The molecule has 0 aliphatic carbocycles. The average Bonchev–Trinajstić information content (AvgIpc) is 2.44. The summed E-state index contributed by atoms with van der Waals surface area (Å²) in [5.74, 6) is -1.91. The summed E-state index contributed by atoms with van der Waals surface area (Å²) in [4.78, 5) is 23.1. The van der Waals surface area contributed by atoms with Gasteiger partial charge in [-0.1, -0.05) is 33.1 Å². The van der Waals surface area contributed by atoms with E-state index in [1.807, 2.05) is 6.92 Å². The summed E-state index contributed by atoms with van der Waals surface area (Å²) < 4.78 is 42.7. The minimum absolute atomic E-state index is 0. The van der Waals surface area contributed by atoms with E-state index in [4.69, 9.17) is 4.74 Å². The van der Waals surface area contributed by atoms with E-state index < -0.39 is 33.7 Å². The first-order valence-electron chi connectivity index (χ1n) is 7.53. The summed E-state index contributed by atoms with van der Waals surface area (Å²) in [6.45, 7) is 5.59. The second-order valence-corrected chi connectivity index (χ2v) is 6.59. The zero-order chi connectivity index (χ0) is 17.2. The van der Waals surface area contributed by atoms with Gasteiger partial charge in [0.2, 0.25) is 0 Å². The van der Waals surface area contributed by atoms with Gasteiger partial charge in [-0.25, -0.2) is 8.42 Å². The topological polar surface area (TPSA) is 141 Å². The van der Waals surface area contributed by atoms with Gasteiger partial charge in [-0.2, -0.15) is 0 Å². The van der Waals surface area contributed by atoms with Crippen LogP contribution in [0.1, 0.15) is 52.9 Å². The summed E-state index contributed by atoms with van der Waals surface area (Å²) in [7, 11) is -4.97. The van der Waals surface area contributed by atoms with Crippen LogP contribution in [-0.2, 0) is 29.2 Å². The molecule has 0 fully saturated rings. The summed E-state index contributed by atoms with van der Waals surface area (Å²) in [6.07, 6.45) is 2.96. The van der Waals surface area contributed by atoms with Crippen LogP contribution in [0, 0.1) is 5.92 Å². The first kappa shape index (κ1) is 28.6. The Bertz CT molecular complexity index is 452. The predicted molar refractivity (Wildman–Crippen MR) is 82.6 cm³/mol. The van der Waals surface area contributed by atoms with Crippen LogP contribution >= 0.6 is 0 Å². The van der Waals surface area contributed by atoms with Crippen molar-refractivity contribution in [3.63, 3.8) is 0 Å². The van der Waals surface area contributed by atoms with Gasteiger partial charge in [0.05, 0.1) is 19.6 Å². The smallest absolute Gasteiger partial charge is 0.747 e. The Morgan fingerprint density at radius 3 is 2.12 bits per heavy atom. The maximum absolute atomic E-state index is 11.7. The Morgan fingerprint density at radius 2 is 1.71 bits per heavy atom. The number of hydrogen-bond donors (Lipinski definition) is 0. The van der Waals surface area contributed by atoms with Crippen LogP contribution in [0.4, 0.5) is 0 Å². The van der Waals surface area contributed by atoms with Crippen molar-refractivity contribution in [2.45, 2.75) is 58.1 Å². The number of hydrogen-bond acceptors (Lipinski definition) is 7. The fourth-order valence-corrected chi connectivity index (χ4v) is 2.50. The third-order valence-electron chi connectivity index (χ3n) is 3.27. The fourth-order valence-electron chi connectivity index (χ4n) is 1.86. The average molecular weight is 378 g/mol. The van der Waals surface area contributed by atoms with Gasteiger partial charge in [0.1, 0.15) is 10.1 Å². The van der Waals surface area contributed by atoms with Crippen LogP contribution in [0.2, 0.25) is 0 Å². The van der Waals surface area contributed by atoms with E-state index in [1.54, 1.807) is 0 Å². The predicted octanol–water partition coefficient (Wildman–Crippen LogP) is -2.21. The normalized spacial score (nSPS) is 13.0.